The van der Waals surface area contributed by atoms with Gasteiger partial charge in [0, 0.05) is 6.20 Å². The first-order valence-electron chi connectivity index (χ1n) is 6.19. The van der Waals surface area contributed by atoms with Crippen LogP contribution < -0.4 is 4.72 Å². The number of sulfonamides is 1. The van der Waals surface area contributed by atoms with Crippen LogP contribution in [0.5, 0.6) is 0 Å². The summed E-state index contributed by atoms with van der Waals surface area (Å²) in [5.74, 6) is -1.18. The van der Waals surface area contributed by atoms with Crippen molar-refractivity contribution in [3.05, 3.63) is 24.0 Å². The molecule has 19 heavy (non-hydrogen) atoms. The second kappa shape index (κ2) is 5.56. The van der Waals surface area contributed by atoms with Crippen LogP contribution >= 0.6 is 0 Å². The molecule has 1 aromatic rings. The molecule has 1 aliphatic carbocycles. The van der Waals surface area contributed by atoms with Gasteiger partial charge in [-0.3, -0.25) is 9.71 Å². The Morgan fingerprint density at radius 2 is 2.00 bits per heavy atom. The molecule has 1 fully saturated rings. The molecule has 0 unspecified atom stereocenters. The summed E-state index contributed by atoms with van der Waals surface area (Å²) in [6, 6.07) is 1.28. The third-order valence-electron chi connectivity index (χ3n) is 3.29. The molecule has 7 heteroatoms. The highest BCUT2D eigenvalue weighted by Crippen LogP contribution is 2.26. The van der Waals surface area contributed by atoms with E-state index in [1.807, 2.05) is 0 Å². The number of anilines is 1. The second-order valence-electron chi connectivity index (χ2n) is 4.63. The smallest absolute Gasteiger partial charge is 0.337 e. The number of hydrogen-bond acceptors (Lipinski definition) is 4. The molecular formula is C12H16N2O4S. The molecule has 0 atom stereocenters. The molecule has 0 spiro atoms. The summed E-state index contributed by atoms with van der Waals surface area (Å²) < 4.78 is 26.8. The quantitative estimate of drug-likeness (QED) is 0.879. The summed E-state index contributed by atoms with van der Waals surface area (Å²) in [6.07, 6.45) is 6.63. The predicted octanol–water partition coefficient (Wildman–Crippen LogP) is 1.85. The standard InChI is InChI=1S/C12H16N2O4S/c15-12(16)10-6-7-13-8-11(10)14-19(17,18)9-4-2-1-3-5-9/h6-9,14H,1-5H2,(H,15,16). The van der Waals surface area contributed by atoms with E-state index in [4.69, 9.17) is 5.11 Å². The van der Waals surface area contributed by atoms with Crippen LogP contribution in [0.4, 0.5) is 5.69 Å². The normalized spacial score (nSPS) is 17.1. The van der Waals surface area contributed by atoms with Crippen LogP contribution in [-0.4, -0.2) is 29.7 Å². The van der Waals surface area contributed by atoms with E-state index >= 15 is 0 Å². The van der Waals surface area contributed by atoms with E-state index in [2.05, 4.69) is 9.71 Å². The third kappa shape index (κ3) is 3.23. The highest BCUT2D eigenvalue weighted by molar-refractivity contribution is 7.93. The lowest BCUT2D eigenvalue weighted by Gasteiger charge is -2.22. The topological polar surface area (TPSA) is 96.4 Å². The van der Waals surface area contributed by atoms with Crippen molar-refractivity contribution in [2.45, 2.75) is 37.4 Å². The van der Waals surface area contributed by atoms with Gasteiger partial charge in [-0.1, -0.05) is 19.3 Å². The molecular weight excluding hydrogens is 268 g/mol. The Hall–Kier alpha value is -1.63. The molecule has 1 heterocycles. The molecule has 2 N–H and O–H groups in total. The van der Waals surface area contributed by atoms with Crippen molar-refractivity contribution in [2.24, 2.45) is 0 Å². The summed E-state index contributed by atoms with van der Waals surface area (Å²) in [6.45, 7) is 0. The Kier molecular flexibility index (Phi) is 4.04. The number of carboxylic acids is 1. The lowest BCUT2D eigenvalue weighted by atomic mass is 10.0. The number of carbonyl (C=O) groups is 1. The minimum atomic E-state index is -3.55. The van der Waals surface area contributed by atoms with Gasteiger partial charge >= 0.3 is 5.97 Å². The van der Waals surface area contributed by atoms with Gasteiger partial charge in [-0.15, -0.1) is 0 Å². The SMILES string of the molecule is O=C(O)c1ccncc1NS(=O)(=O)C1CCCCC1. The summed E-state index contributed by atoms with van der Waals surface area (Å²) in [7, 11) is -3.55. The van der Waals surface area contributed by atoms with E-state index in [0.29, 0.717) is 12.8 Å². The molecule has 0 saturated heterocycles. The molecule has 1 saturated carbocycles. The van der Waals surface area contributed by atoms with Crippen molar-refractivity contribution in [3.8, 4) is 0 Å². The van der Waals surface area contributed by atoms with Crippen molar-refractivity contribution in [1.29, 1.82) is 0 Å². The average Bonchev–Trinajstić information content (AvgIpc) is 2.39. The van der Waals surface area contributed by atoms with Crippen LogP contribution in [0.2, 0.25) is 0 Å². The minimum Gasteiger partial charge on any atom is -0.478 e. The van der Waals surface area contributed by atoms with E-state index in [-0.39, 0.29) is 11.3 Å². The zero-order chi connectivity index (χ0) is 13.9. The lowest BCUT2D eigenvalue weighted by molar-refractivity contribution is 0.0698. The first-order valence-corrected chi connectivity index (χ1v) is 7.74. The number of rotatable bonds is 4. The molecule has 0 aliphatic heterocycles. The fourth-order valence-corrected chi connectivity index (χ4v) is 3.86. The van der Waals surface area contributed by atoms with Crippen LogP contribution in [-0.2, 0) is 10.0 Å². The van der Waals surface area contributed by atoms with Crippen molar-refractivity contribution >= 4 is 21.7 Å². The first-order chi connectivity index (χ1) is 9.00. The molecule has 0 aromatic carbocycles. The zero-order valence-electron chi connectivity index (χ0n) is 10.4. The fraction of sp³-hybridized carbons (Fsp3) is 0.500. The molecule has 2 rings (SSSR count). The van der Waals surface area contributed by atoms with E-state index in [1.54, 1.807) is 0 Å². The van der Waals surface area contributed by atoms with Gasteiger partial charge in [0.25, 0.3) is 0 Å². The predicted molar refractivity (Wildman–Crippen MR) is 70.6 cm³/mol. The van der Waals surface area contributed by atoms with Crippen LogP contribution in [0, 0.1) is 0 Å². The number of hydrogen-bond donors (Lipinski definition) is 2. The number of aromatic nitrogens is 1. The summed E-state index contributed by atoms with van der Waals surface area (Å²) >= 11 is 0. The Morgan fingerprint density at radius 1 is 1.32 bits per heavy atom. The van der Waals surface area contributed by atoms with E-state index in [9.17, 15) is 13.2 Å². The number of aromatic carboxylic acids is 1. The van der Waals surface area contributed by atoms with Crippen LogP contribution in [0.3, 0.4) is 0 Å². The summed E-state index contributed by atoms with van der Waals surface area (Å²) in [5.41, 5.74) is -0.0602. The van der Waals surface area contributed by atoms with Crippen molar-refractivity contribution in [3.63, 3.8) is 0 Å². The van der Waals surface area contributed by atoms with E-state index < -0.39 is 21.2 Å². The highest BCUT2D eigenvalue weighted by atomic mass is 32.2. The molecule has 1 aromatic heterocycles. The van der Waals surface area contributed by atoms with E-state index in [0.717, 1.165) is 19.3 Å². The highest BCUT2D eigenvalue weighted by Gasteiger charge is 2.28. The van der Waals surface area contributed by atoms with Crippen molar-refractivity contribution in [1.82, 2.24) is 4.98 Å². The summed E-state index contributed by atoms with van der Waals surface area (Å²) in [5, 5.41) is 8.57. The zero-order valence-corrected chi connectivity index (χ0v) is 11.2. The molecule has 1 aliphatic rings. The lowest BCUT2D eigenvalue weighted by Crippen LogP contribution is -2.30. The van der Waals surface area contributed by atoms with Crippen molar-refractivity contribution in [2.75, 3.05) is 4.72 Å². The average molecular weight is 284 g/mol. The van der Waals surface area contributed by atoms with Gasteiger partial charge in [-0.2, -0.15) is 0 Å². The number of nitrogens with one attached hydrogen (secondary N) is 1. The first kappa shape index (κ1) is 13.8. The molecule has 0 bridgehead atoms. The Balaban J connectivity index is 2.22. The monoisotopic (exact) mass is 284 g/mol. The number of carboxylic acid groups (broad SMARTS) is 1. The molecule has 0 radical (unpaired) electrons. The second-order valence-corrected chi connectivity index (χ2v) is 6.59. The molecule has 6 nitrogen and oxygen atoms in total. The Morgan fingerprint density at radius 3 is 2.63 bits per heavy atom. The number of nitrogens with zero attached hydrogens (tertiary/aromatic N) is 1. The maximum atomic E-state index is 12.2. The van der Waals surface area contributed by atoms with Crippen LogP contribution in [0.1, 0.15) is 42.5 Å². The minimum absolute atomic E-state index is 0.0283. The van der Waals surface area contributed by atoms with Gasteiger partial charge in [0.05, 0.1) is 22.7 Å². The third-order valence-corrected chi connectivity index (χ3v) is 5.15. The van der Waals surface area contributed by atoms with Gasteiger partial charge in [0.2, 0.25) is 10.0 Å². The van der Waals surface area contributed by atoms with E-state index in [1.165, 1.54) is 18.5 Å². The fourth-order valence-electron chi connectivity index (χ4n) is 2.27. The number of pyridine rings is 1. The molecule has 104 valence electrons. The van der Waals surface area contributed by atoms with Crippen LogP contribution in [0.25, 0.3) is 0 Å². The van der Waals surface area contributed by atoms with Gasteiger partial charge < -0.3 is 5.11 Å². The van der Waals surface area contributed by atoms with Crippen molar-refractivity contribution < 1.29 is 18.3 Å². The largest absolute Gasteiger partial charge is 0.478 e. The Bertz CT molecular complexity index is 565. The Labute approximate surface area is 111 Å². The maximum absolute atomic E-state index is 12.2. The molecule has 0 amide bonds. The maximum Gasteiger partial charge on any atom is 0.337 e. The summed E-state index contributed by atoms with van der Waals surface area (Å²) in [4.78, 5) is 14.8. The van der Waals surface area contributed by atoms with Gasteiger partial charge in [0.1, 0.15) is 0 Å². The van der Waals surface area contributed by atoms with Gasteiger partial charge in [-0.25, -0.2) is 13.2 Å². The van der Waals surface area contributed by atoms with Gasteiger partial charge in [0.15, 0.2) is 0 Å². The van der Waals surface area contributed by atoms with Gasteiger partial charge in [-0.05, 0) is 18.9 Å². The van der Waals surface area contributed by atoms with Crippen LogP contribution in [0.15, 0.2) is 18.5 Å².